The van der Waals surface area contributed by atoms with Crippen LogP contribution in [0.15, 0.2) is 23.1 Å². The second-order valence-electron chi connectivity index (χ2n) is 5.13. The molecule has 1 aromatic rings. The molecule has 1 atom stereocenters. The lowest BCUT2D eigenvalue weighted by Crippen LogP contribution is -2.22. The van der Waals surface area contributed by atoms with E-state index in [1.165, 1.54) is 12.1 Å². The van der Waals surface area contributed by atoms with Gasteiger partial charge in [-0.25, -0.2) is 9.18 Å². The molecule has 0 radical (unpaired) electrons. The lowest BCUT2D eigenvalue weighted by molar-refractivity contribution is 0.0691. The highest BCUT2D eigenvalue weighted by molar-refractivity contribution is 7.85. The minimum Gasteiger partial charge on any atom is -0.478 e. The van der Waals surface area contributed by atoms with E-state index in [9.17, 15) is 13.4 Å². The Bertz CT molecular complexity index is 507. The maximum atomic E-state index is 13.3. The van der Waals surface area contributed by atoms with Crippen molar-refractivity contribution in [1.82, 2.24) is 0 Å². The van der Waals surface area contributed by atoms with Gasteiger partial charge in [0.1, 0.15) is 5.82 Å². The molecule has 0 bridgehead atoms. The van der Waals surface area contributed by atoms with E-state index in [0.717, 1.165) is 31.7 Å². The Labute approximate surface area is 114 Å². The van der Waals surface area contributed by atoms with Crippen LogP contribution < -0.4 is 0 Å². The van der Waals surface area contributed by atoms with Gasteiger partial charge in [-0.1, -0.05) is 6.92 Å². The molecule has 2 rings (SSSR count). The van der Waals surface area contributed by atoms with E-state index in [0.29, 0.717) is 10.8 Å². The van der Waals surface area contributed by atoms with Crippen LogP contribution >= 0.6 is 0 Å². The second kappa shape index (κ2) is 5.82. The number of benzene rings is 1. The van der Waals surface area contributed by atoms with Crippen molar-refractivity contribution in [2.24, 2.45) is 5.92 Å². The van der Waals surface area contributed by atoms with E-state index in [1.54, 1.807) is 0 Å². The first-order valence-electron chi connectivity index (χ1n) is 6.42. The molecule has 0 aromatic heterocycles. The summed E-state index contributed by atoms with van der Waals surface area (Å²) in [6.45, 7) is 2.18. The van der Waals surface area contributed by atoms with Crippen molar-refractivity contribution in [2.45, 2.75) is 42.8 Å². The highest BCUT2D eigenvalue weighted by atomic mass is 32.2. The van der Waals surface area contributed by atoms with Crippen molar-refractivity contribution >= 4 is 16.8 Å². The van der Waals surface area contributed by atoms with E-state index in [2.05, 4.69) is 6.92 Å². The zero-order valence-corrected chi connectivity index (χ0v) is 11.6. The number of rotatable bonds is 3. The SMILES string of the molecule is CC1CCC(S(=O)c2ccc(F)c(C(=O)O)c2)CC1. The summed E-state index contributed by atoms with van der Waals surface area (Å²) in [4.78, 5) is 11.3. The van der Waals surface area contributed by atoms with E-state index in [-0.39, 0.29) is 5.25 Å². The fourth-order valence-electron chi connectivity index (χ4n) is 2.43. The van der Waals surface area contributed by atoms with E-state index in [1.807, 2.05) is 0 Å². The van der Waals surface area contributed by atoms with Gasteiger partial charge >= 0.3 is 5.97 Å². The first kappa shape index (κ1) is 14.2. The molecule has 3 nitrogen and oxygen atoms in total. The molecule has 1 N–H and O–H groups in total. The molecular formula is C14H17FO3S. The van der Waals surface area contributed by atoms with Crippen molar-refractivity contribution in [3.05, 3.63) is 29.6 Å². The molecule has 1 aliphatic carbocycles. The largest absolute Gasteiger partial charge is 0.478 e. The molecule has 19 heavy (non-hydrogen) atoms. The second-order valence-corrected chi connectivity index (χ2v) is 6.86. The molecule has 0 aliphatic heterocycles. The first-order chi connectivity index (χ1) is 8.99. The Hall–Kier alpha value is -1.23. The maximum absolute atomic E-state index is 13.3. The van der Waals surface area contributed by atoms with Crippen molar-refractivity contribution in [1.29, 1.82) is 0 Å². The van der Waals surface area contributed by atoms with Gasteiger partial charge in [0.05, 0.1) is 16.4 Å². The molecule has 104 valence electrons. The van der Waals surface area contributed by atoms with Crippen molar-refractivity contribution in [3.63, 3.8) is 0 Å². The van der Waals surface area contributed by atoms with Crippen molar-refractivity contribution in [3.8, 4) is 0 Å². The smallest absolute Gasteiger partial charge is 0.338 e. The summed E-state index contributed by atoms with van der Waals surface area (Å²) in [7, 11) is -1.25. The summed E-state index contributed by atoms with van der Waals surface area (Å²) in [5.74, 6) is -1.45. The lowest BCUT2D eigenvalue weighted by atomic mass is 9.91. The molecule has 0 saturated heterocycles. The summed E-state index contributed by atoms with van der Waals surface area (Å²) < 4.78 is 25.7. The van der Waals surface area contributed by atoms with Crippen molar-refractivity contribution < 1.29 is 18.5 Å². The third kappa shape index (κ3) is 3.21. The number of aromatic carboxylic acids is 1. The number of carboxylic acids is 1. The normalized spacial score (nSPS) is 24.9. The summed E-state index contributed by atoms with van der Waals surface area (Å²) in [5.41, 5.74) is -0.407. The first-order valence-corrected chi connectivity index (χ1v) is 7.63. The standard InChI is InChI=1S/C14H17FO3S/c1-9-2-4-10(5-3-9)19(18)11-6-7-13(15)12(8-11)14(16)17/h6-10H,2-5H2,1H3,(H,16,17). The van der Waals surface area contributed by atoms with Crippen LogP contribution in [0, 0.1) is 11.7 Å². The fraction of sp³-hybridized carbons (Fsp3) is 0.500. The zero-order valence-electron chi connectivity index (χ0n) is 10.8. The Morgan fingerprint density at radius 2 is 1.95 bits per heavy atom. The van der Waals surface area contributed by atoms with Gasteiger partial charge in [0.2, 0.25) is 0 Å². The molecule has 1 aliphatic rings. The third-order valence-corrected chi connectivity index (χ3v) is 5.46. The predicted octanol–water partition coefficient (Wildman–Crippen LogP) is 3.21. The molecule has 1 saturated carbocycles. The van der Waals surface area contributed by atoms with Gasteiger partial charge in [0.25, 0.3) is 0 Å². The van der Waals surface area contributed by atoms with Crippen LogP contribution in [0.25, 0.3) is 0 Å². The maximum Gasteiger partial charge on any atom is 0.338 e. The Morgan fingerprint density at radius 1 is 1.32 bits per heavy atom. The number of hydrogen-bond donors (Lipinski definition) is 1. The number of halogens is 1. The molecule has 1 fully saturated rings. The van der Waals surface area contributed by atoms with E-state index < -0.39 is 28.1 Å². The van der Waals surface area contributed by atoms with Crippen LogP contribution in [0.2, 0.25) is 0 Å². The van der Waals surface area contributed by atoms with E-state index >= 15 is 0 Å². The number of hydrogen-bond acceptors (Lipinski definition) is 2. The highest BCUT2D eigenvalue weighted by Gasteiger charge is 2.25. The number of carboxylic acid groups (broad SMARTS) is 1. The summed E-state index contributed by atoms with van der Waals surface area (Å²) in [6, 6.07) is 3.71. The van der Waals surface area contributed by atoms with Gasteiger partial charge in [-0.2, -0.15) is 0 Å². The number of carbonyl (C=O) groups is 1. The van der Waals surface area contributed by atoms with Crippen LogP contribution in [0.4, 0.5) is 4.39 Å². The fourth-order valence-corrected chi connectivity index (χ4v) is 3.95. The molecule has 1 aromatic carbocycles. The highest BCUT2D eigenvalue weighted by Crippen LogP contribution is 2.29. The minimum absolute atomic E-state index is 0.0586. The quantitative estimate of drug-likeness (QED) is 0.927. The van der Waals surface area contributed by atoms with Crippen LogP contribution in [-0.2, 0) is 10.8 Å². The zero-order chi connectivity index (χ0) is 14.0. The van der Waals surface area contributed by atoms with Gasteiger partial charge in [-0.05, 0) is 49.8 Å². The van der Waals surface area contributed by atoms with Crippen molar-refractivity contribution in [2.75, 3.05) is 0 Å². The Balaban J connectivity index is 2.20. The van der Waals surface area contributed by atoms with Gasteiger partial charge in [0, 0.05) is 10.1 Å². The third-order valence-electron chi connectivity index (χ3n) is 3.67. The summed E-state index contributed by atoms with van der Waals surface area (Å²) >= 11 is 0. The molecular weight excluding hydrogens is 267 g/mol. The summed E-state index contributed by atoms with van der Waals surface area (Å²) in [6.07, 6.45) is 3.86. The Kier molecular flexibility index (Phi) is 4.34. The summed E-state index contributed by atoms with van der Waals surface area (Å²) in [5, 5.41) is 8.94. The van der Waals surface area contributed by atoms with Gasteiger partial charge < -0.3 is 5.11 Å². The molecule has 0 heterocycles. The average molecular weight is 284 g/mol. The lowest BCUT2D eigenvalue weighted by Gasteiger charge is -2.25. The van der Waals surface area contributed by atoms with Crippen LogP contribution in [0.3, 0.4) is 0 Å². The molecule has 0 spiro atoms. The molecule has 5 heteroatoms. The average Bonchev–Trinajstić information content (AvgIpc) is 2.39. The minimum atomic E-state index is -1.33. The predicted molar refractivity (Wildman–Crippen MR) is 71.2 cm³/mol. The van der Waals surface area contributed by atoms with Crippen LogP contribution in [0.5, 0.6) is 0 Å². The Morgan fingerprint density at radius 3 is 2.53 bits per heavy atom. The monoisotopic (exact) mass is 284 g/mol. The molecule has 1 unspecified atom stereocenters. The van der Waals surface area contributed by atoms with Crippen LogP contribution in [-0.4, -0.2) is 20.5 Å². The van der Waals surface area contributed by atoms with Gasteiger partial charge in [-0.15, -0.1) is 0 Å². The van der Waals surface area contributed by atoms with E-state index in [4.69, 9.17) is 5.11 Å². The van der Waals surface area contributed by atoms with Gasteiger partial charge in [0.15, 0.2) is 0 Å². The van der Waals surface area contributed by atoms with Gasteiger partial charge in [-0.3, -0.25) is 4.21 Å². The van der Waals surface area contributed by atoms with Crippen LogP contribution in [0.1, 0.15) is 43.0 Å². The topological polar surface area (TPSA) is 54.4 Å². The molecule has 0 amide bonds.